The predicted molar refractivity (Wildman–Crippen MR) is 114 cm³/mol. The Balaban J connectivity index is 1.69. The van der Waals surface area contributed by atoms with Crippen LogP contribution in [0.5, 0.6) is 5.75 Å². The number of hydrogen-bond donors (Lipinski definition) is 0. The third-order valence-corrected chi connectivity index (χ3v) is 5.59. The zero-order chi connectivity index (χ0) is 23.8. The van der Waals surface area contributed by atoms with Gasteiger partial charge in [-0.1, -0.05) is 23.7 Å². The summed E-state index contributed by atoms with van der Waals surface area (Å²) < 4.78 is 55.2. The summed E-state index contributed by atoms with van der Waals surface area (Å²) in [7, 11) is 0. The van der Waals surface area contributed by atoms with E-state index in [1.807, 2.05) is 0 Å². The van der Waals surface area contributed by atoms with Gasteiger partial charge < -0.3 is 9.64 Å². The van der Waals surface area contributed by atoms with E-state index in [9.17, 15) is 27.2 Å². The number of anilines is 1. The molecule has 1 saturated heterocycles. The molecule has 0 spiro atoms. The molecule has 3 aromatic rings. The number of carbonyl (C=O) groups excluding carboxylic acids is 2. The van der Waals surface area contributed by atoms with Crippen LogP contribution in [0.15, 0.2) is 72.8 Å². The standard InChI is InChI=1S/C24H16ClF4NO3/c25-16-6-4-14(5-7-16)22(31)20-13-21(15-2-1-3-17(26)12-15)30(23(20)32)18-8-10-19(11-9-18)33-24(27,28)29/h1-12,20-21H,13H2/t20?,21-/m0/s1. The molecule has 1 aliphatic rings. The number of rotatable bonds is 5. The fourth-order valence-electron chi connectivity index (χ4n) is 3.90. The van der Waals surface area contributed by atoms with E-state index in [-0.39, 0.29) is 12.1 Å². The maximum Gasteiger partial charge on any atom is 0.573 e. The van der Waals surface area contributed by atoms with E-state index in [0.717, 1.165) is 12.1 Å². The Labute approximate surface area is 191 Å². The quantitative estimate of drug-likeness (QED) is 0.244. The van der Waals surface area contributed by atoms with Crippen molar-refractivity contribution in [3.05, 3.63) is 94.8 Å². The SMILES string of the molecule is O=C(c1ccc(Cl)cc1)C1C[C@@H](c2cccc(F)c2)N(c2ccc(OC(F)(F)F)cc2)C1=O. The lowest BCUT2D eigenvalue weighted by atomic mass is 9.92. The molecule has 1 fully saturated rings. The molecule has 1 unspecified atom stereocenters. The summed E-state index contributed by atoms with van der Waals surface area (Å²) in [5.74, 6) is -2.97. The first-order chi connectivity index (χ1) is 15.6. The van der Waals surface area contributed by atoms with E-state index < -0.39 is 41.6 Å². The lowest BCUT2D eigenvalue weighted by molar-refractivity contribution is -0.274. The second-order valence-electron chi connectivity index (χ2n) is 7.48. The average Bonchev–Trinajstić information content (AvgIpc) is 3.10. The van der Waals surface area contributed by atoms with Gasteiger partial charge in [0.2, 0.25) is 5.91 Å². The van der Waals surface area contributed by atoms with Crippen molar-refractivity contribution in [3.63, 3.8) is 0 Å². The van der Waals surface area contributed by atoms with Gasteiger partial charge in [-0.15, -0.1) is 13.2 Å². The van der Waals surface area contributed by atoms with Gasteiger partial charge in [0.05, 0.1) is 6.04 Å². The Morgan fingerprint density at radius 1 is 1.00 bits per heavy atom. The minimum Gasteiger partial charge on any atom is -0.406 e. The van der Waals surface area contributed by atoms with Crippen molar-refractivity contribution in [2.75, 3.05) is 4.90 Å². The zero-order valence-corrected chi connectivity index (χ0v) is 17.6. The van der Waals surface area contributed by atoms with Gasteiger partial charge in [-0.05, 0) is 72.6 Å². The van der Waals surface area contributed by atoms with Crippen LogP contribution in [0.4, 0.5) is 23.2 Å². The van der Waals surface area contributed by atoms with Gasteiger partial charge in [-0.3, -0.25) is 9.59 Å². The van der Waals surface area contributed by atoms with Crippen LogP contribution in [0, 0.1) is 11.7 Å². The van der Waals surface area contributed by atoms with E-state index in [0.29, 0.717) is 16.1 Å². The van der Waals surface area contributed by atoms with Crippen molar-refractivity contribution in [2.24, 2.45) is 5.92 Å². The minimum atomic E-state index is -4.86. The molecule has 1 aliphatic heterocycles. The molecule has 3 aromatic carbocycles. The number of carbonyl (C=O) groups is 2. The Morgan fingerprint density at radius 2 is 1.67 bits per heavy atom. The lowest BCUT2D eigenvalue weighted by Gasteiger charge is -2.25. The predicted octanol–water partition coefficient (Wildman–Crippen LogP) is 6.35. The number of ether oxygens (including phenoxy) is 1. The van der Waals surface area contributed by atoms with Gasteiger partial charge >= 0.3 is 6.36 Å². The van der Waals surface area contributed by atoms with E-state index in [4.69, 9.17) is 11.6 Å². The molecule has 0 saturated carbocycles. The summed E-state index contributed by atoms with van der Waals surface area (Å²) in [4.78, 5) is 27.7. The molecule has 0 N–H and O–H groups in total. The maximum absolute atomic E-state index is 13.9. The molecule has 9 heteroatoms. The molecule has 0 bridgehead atoms. The van der Waals surface area contributed by atoms with Gasteiger partial charge in [-0.2, -0.15) is 0 Å². The molecule has 1 heterocycles. The Hall–Kier alpha value is -3.39. The number of alkyl halides is 3. The van der Waals surface area contributed by atoms with Gasteiger partial charge in [0.1, 0.15) is 17.5 Å². The summed E-state index contributed by atoms with van der Waals surface area (Å²) in [5.41, 5.74) is 1.02. The molecule has 4 nitrogen and oxygen atoms in total. The van der Waals surface area contributed by atoms with Crippen LogP contribution < -0.4 is 9.64 Å². The van der Waals surface area contributed by atoms with E-state index in [2.05, 4.69) is 4.74 Å². The van der Waals surface area contributed by atoms with Gasteiger partial charge in [-0.25, -0.2) is 4.39 Å². The average molecular weight is 478 g/mol. The molecule has 1 amide bonds. The third kappa shape index (κ3) is 5.01. The number of amides is 1. The summed E-state index contributed by atoms with van der Waals surface area (Å²) in [5, 5.41) is 0.435. The topological polar surface area (TPSA) is 46.6 Å². The third-order valence-electron chi connectivity index (χ3n) is 5.33. The number of Topliss-reactive ketones (excluding diaryl/α,β-unsaturated/α-hetero) is 1. The molecule has 0 aromatic heterocycles. The lowest BCUT2D eigenvalue weighted by Crippen LogP contribution is -2.31. The molecule has 4 rings (SSSR count). The highest BCUT2D eigenvalue weighted by Crippen LogP contribution is 2.42. The highest BCUT2D eigenvalue weighted by Gasteiger charge is 2.45. The van der Waals surface area contributed by atoms with Crippen molar-refractivity contribution < 1.29 is 31.9 Å². The smallest absolute Gasteiger partial charge is 0.406 e. The van der Waals surface area contributed by atoms with Crippen LogP contribution >= 0.6 is 11.6 Å². The normalized spacial score (nSPS) is 18.5. The Kier molecular flexibility index (Phi) is 6.12. The molecule has 2 atom stereocenters. The second kappa shape index (κ2) is 8.86. The highest BCUT2D eigenvalue weighted by atomic mass is 35.5. The van der Waals surface area contributed by atoms with E-state index in [1.165, 1.54) is 59.5 Å². The number of benzene rings is 3. The largest absolute Gasteiger partial charge is 0.573 e. The van der Waals surface area contributed by atoms with Gasteiger partial charge in [0.25, 0.3) is 0 Å². The number of nitrogens with zero attached hydrogens (tertiary/aromatic N) is 1. The fraction of sp³-hybridized carbons (Fsp3) is 0.167. The first-order valence-corrected chi connectivity index (χ1v) is 10.2. The van der Waals surface area contributed by atoms with Crippen LogP contribution in [-0.2, 0) is 4.79 Å². The van der Waals surface area contributed by atoms with Gasteiger partial charge in [0, 0.05) is 16.3 Å². The molecular formula is C24H16ClF4NO3. The Morgan fingerprint density at radius 3 is 2.27 bits per heavy atom. The fourth-order valence-corrected chi connectivity index (χ4v) is 4.03. The second-order valence-corrected chi connectivity index (χ2v) is 7.92. The van der Waals surface area contributed by atoms with Crippen LogP contribution in [0.3, 0.4) is 0 Å². The van der Waals surface area contributed by atoms with Crippen LogP contribution in [-0.4, -0.2) is 18.1 Å². The van der Waals surface area contributed by atoms with Crippen LogP contribution in [0.25, 0.3) is 0 Å². The van der Waals surface area contributed by atoms with Crippen LogP contribution in [0.2, 0.25) is 5.02 Å². The van der Waals surface area contributed by atoms with Gasteiger partial charge in [0.15, 0.2) is 5.78 Å². The van der Waals surface area contributed by atoms with Crippen LogP contribution in [0.1, 0.15) is 28.4 Å². The number of ketones is 1. The number of halogens is 5. The molecular weight excluding hydrogens is 462 g/mol. The first-order valence-electron chi connectivity index (χ1n) is 9.86. The summed E-state index contributed by atoms with van der Waals surface area (Å²) in [6, 6.07) is 15.8. The zero-order valence-electron chi connectivity index (χ0n) is 16.9. The minimum absolute atomic E-state index is 0.0740. The van der Waals surface area contributed by atoms with Crippen molar-refractivity contribution >= 4 is 29.0 Å². The summed E-state index contributed by atoms with van der Waals surface area (Å²) in [6.07, 6.45) is -4.78. The molecule has 33 heavy (non-hydrogen) atoms. The van der Waals surface area contributed by atoms with Crippen molar-refractivity contribution in [1.29, 1.82) is 0 Å². The van der Waals surface area contributed by atoms with Crippen molar-refractivity contribution in [3.8, 4) is 5.75 Å². The first kappa shape index (κ1) is 22.8. The molecule has 0 radical (unpaired) electrons. The van der Waals surface area contributed by atoms with Crippen molar-refractivity contribution in [2.45, 2.75) is 18.8 Å². The maximum atomic E-state index is 13.9. The van der Waals surface area contributed by atoms with E-state index >= 15 is 0 Å². The monoisotopic (exact) mass is 477 g/mol. The Bertz CT molecular complexity index is 1180. The van der Waals surface area contributed by atoms with Crippen molar-refractivity contribution in [1.82, 2.24) is 0 Å². The molecule has 170 valence electrons. The summed E-state index contributed by atoms with van der Waals surface area (Å²) >= 11 is 5.88. The van der Waals surface area contributed by atoms with E-state index in [1.54, 1.807) is 6.07 Å². The number of hydrogen-bond acceptors (Lipinski definition) is 3. The highest BCUT2D eigenvalue weighted by molar-refractivity contribution is 6.30. The summed E-state index contributed by atoms with van der Waals surface area (Å²) in [6.45, 7) is 0. The molecule has 0 aliphatic carbocycles.